The lowest BCUT2D eigenvalue weighted by Gasteiger charge is -2.24. The Kier molecular flexibility index (Phi) is 3.71. The first-order valence-corrected chi connectivity index (χ1v) is 6.79. The number of aliphatic hydroxyl groups is 1. The number of likely N-dealkylation sites (tertiary alicyclic amines) is 1. The lowest BCUT2D eigenvalue weighted by atomic mass is 10.0. The molecule has 0 spiro atoms. The molecule has 0 radical (unpaired) electrons. The summed E-state index contributed by atoms with van der Waals surface area (Å²) in [5.74, 6) is 0.852. The molecule has 0 unspecified atom stereocenters. The van der Waals surface area contributed by atoms with Crippen molar-refractivity contribution in [1.82, 2.24) is 14.9 Å². The van der Waals surface area contributed by atoms with Crippen molar-refractivity contribution in [3.05, 3.63) is 48.0 Å². The van der Waals surface area contributed by atoms with E-state index in [0.717, 1.165) is 24.4 Å². The van der Waals surface area contributed by atoms with Crippen LogP contribution in [0.25, 0.3) is 0 Å². The van der Waals surface area contributed by atoms with Gasteiger partial charge >= 0.3 is 0 Å². The van der Waals surface area contributed by atoms with Crippen molar-refractivity contribution in [3.8, 4) is 5.75 Å². The lowest BCUT2D eigenvalue weighted by Crippen LogP contribution is -2.24. The second-order valence-electron chi connectivity index (χ2n) is 5.19. The predicted octanol–water partition coefficient (Wildman–Crippen LogP) is 1.73. The summed E-state index contributed by atoms with van der Waals surface area (Å²) in [5.41, 5.74) is 2.24. The first-order valence-electron chi connectivity index (χ1n) is 6.79. The van der Waals surface area contributed by atoms with Crippen molar-refractivity contribution in [2.75, 3.05) is 13.7 Å². The summed E-state index contributed by atoms with van der Waals surface area (Å²) in [6.45, 7) is 1.44. The zero-order chi connectivity index (χ0) is 13.9. The van der Waals surface area contributed by atoms with Gasteiger partial charge in [-0.25, -0.2) is 4.98 Å². The summed E-state index contributed by atoms with van der Waals surface area (Å²) in [5, 5.41) is 9.99. The molecule has 1 aliphatic rings. The summed E-state index contributed by atoms with van der Waals surface area (Å²) in [7, 11) is 1.67. The molecule has 1 aliphatic heterocycles. The summed E-state index contributed by atoms with van der Waals surface area (Å²) < 4.78 is 5.29. The molecule has 20 heavy (non-hydrogen) atoms. The molecule has 3 rings (SSSR count). The minimum Gasteiger partial charge on any atom is -0.497 e. The number of ether oxygens (including phenoxy) is 1. The fourth-order valence-corrected chi connectivity index (χ4v) is 2.84. The van der Waals surface area contributed by atoms with Crippen LogP contribution in [0.1, 0.15) is 23.7 Å². The van der Waals surface area contributed by atoms with Crippen molar-refractivity contribution in [3.63, 3.8) is 0 Å². The van der Waals surface area contributed by atoms with Gasteiger partial charge in [-0.2, -0.15) is 0 Å². The minimum atomic E-state index is -0.283. The highest BCUT2D eigenvalue weighted by Crippen LogP contribution is 2.34. The van der Waals surface area contributed by atoms with Crippen LogP contribution in [-0.4, -0.2) is 39.7 Å². The van der Waals surface area contributed by atoms with E-state index in [1.165, 1.54) is 5.56 Å². The second-order valence-corrected chi connectivity index (χ2v) is 5.19. The Labute approximate surface area is 118 Å². The second kappa shape index (κ2) is 5.64. The molecule has 1 aromatic carbocycles. The van der Waals surface area contributed by atoms with E-state index in [-0.39, 0.29) is 12.1 Å². The number of hydrogen-bond donors (Lipinski definition) is 2. The van der Waals surface area contributed by atoms with Crippen LogP contribution in [0.3, 0.4) is 0 Å². The SMILES string of the molecule is COc1cccc([C@H]2C[C@@H](O)CN2Cc2cnc[nH]2)c1. The van der Waals surface area contributed by atoms with Gasteiger partial charge in [0.15, 0.2) is 0 Å². The molecular weight excluding hydrogens is 254 g/mol. The van der Waals surface area contributed by atoms with Gasteiger partial charge in [-0.05, 0) is 24.1 Å². The summed E-state index contributed by atoms with van der Waals surface area (Å²) in [6, 6.07) is 8.28. The Hall–Kier alpha value is -1.85. The molecule has 1 saturated heterocycles. The zero-order valence-electron chi connectivity index (χ0n) is 11.5. The largest absolute Gasteiger partial charge is 0.497 e. The standard InChI is InChI=1S/C15H19N3O2/c1-20-14-4-2-3-11(5-14)15-6-13(19)9-18(15)8-12-7-16-10-17-12/h2-5,7,10,13,15,19H,6,8-9H2,1H3,(H,16,17)/t13-,15-/m1/s1. The number of aromatic nitrogens is 2. The first kappa shape index (κ1) is 13.1. The minimum absolute atomic E-state index is 0.211. The molecule has 5 heteroatoms. The Morgan fingerprint density at radius 3 is 3.15 bits per heavy atom. The van der Waals surface area contributed by atoms with E-state index in [4.69, 9.17) is 4.74 Å². The summed E-state index contributed by atoms with van der Waals surface area (Å²) in [6.07, 6.45) is 3.98. The van der Waals surface area contributed by atoms with Gasteiger partial charge in [0.05, 0.1) is 19.5 Å². The fourth-order valence-electron chi connectivity index (χ4n) is 2.84. The smallest absolute Gasteiger partial charge is 0.119 e. The molecule has 5 nitrogen and oxygen atoms in total. The number of nitrogens with one attached hydrogen (secondary N) is 1. The van der Waals surface area contributed by atoms with E-state index in [2.05, 4.69) is 20.9 Å². The molecule has 0 amide bonds. The number of aromatic amines is 1. The van der Waals surface area contributed by atoms with E-state index in [9.17, 15) is 5.11 Å². The summed E-state index contributed by atoms with van der Waals surface area (Å²) >= 11 is 0. The van der Waals surface area contributed by atoms with E-state index >= 15 is 0 Å². The average molecular weight is 273 g/mol. The molecule has 2 aromatic rings. The number of nitrogens with zero attached hydrogens (tertiary/aromatic N) is 2. The van der Waals surface area contributed by atoms with E-state index in [1.54, 1.807) is 13.4 Å². The molecule has 0 bridgehead atoms. The first-order chi connectivity index (χ1) is 9.76. The highest BCUT2D eigenvalue weighted by molar-refractivity contribution is 5.31. The monoisotopic (exact) mass is 273 g/mol. The molecule has 0 saturated carbocycles. The van der Waals surface area contributed by atoms with Crippen LogP contribution >= 0.6 is 0 Å². The number of aliphatic hydroxyl groups excluding tert-OH is 1. The third-order valence-electron chi connectivity index (χ3n) is 3.79. The van der Waals surface area contributed by atoms with E-state index in [1.807, 2.05) is 24.4 Å². The number of hydrogen-bond acceptors (Lipinski definition) is 4. The van der Waals surface area contributed by atoms with Crippen molar-refractivity contribution >= 4 is 0 Å². The topological polar surface area (TPSA) is 61.4 Å². The van der Waals surface area contributed by atoms with Gasteiger partial charge in [-0.3, -0.25) is 4.90 Å². The highest BCUT2D eigenvalue weighted by atomic mass is 16.5. The maximum Gasteiger partial charge on any atom is 0.119 e. The van der Waals surface area contributed by atoms with E-state index < -0.39 is 0 Å². The molecule has 1 aromatic heterocycles. The van der Waals surface area contributed by atoms with Crippen LogP contribution < -0.4 is 4.74 Å². The number of H-pyrrole nitrogens is 1. The van der Waals surface area contributed by atoms with Gasteiger partial charge < -0.3 is 14.8 Å². The third kappa shape index (κ3) is 2.69. The average Bonchev–Trinajstić information content (AvgIpc) is 3.09. The van der Waals surface area contributed by atoms with Crippen LogP contribution in [0.4, 0.5) is 0 Å². The molecule has 106 valence electrons. The maximum atomic E-state index is 9.99. The molecule has 2 N–H and O–H groups in total. The van der Waals surface area contributed by atoms with Crippen LogP contribution in [0.2, 0.25) is 0 Å². The van der Waals surface area contributed by atoms with Crippen LogP contribution in [0.5, 0.6) is 5.75 Å². The van der Waals surface area contributed by atoms with Crippen LogP contribution in [0, 0.1) is 0 Å². The Bertz CT molecular complexity index is 556. The third-order valence-corrected chi connectivity index (χ3v) is 3.79. The molecule has 2 atom stereocenters. The van der Waals surface area contributed by atoms with Crippen molar-refractivity contribution in [1.29, 1.82) is 0 Å². The number of β-amino-alcohol motifs (C(OH)–C–C–N with tert-alkyl or cyclic N) is 1. The van der Waals surface area contributed by atoms with Crippen molar-refractivity contribution in [2.24, 2.45) is 0 Å². The molecular formula is C15H19N3O2. The van der Waals surface area contributed by atoms with Crippen LogP contribution in [0.15, 0.2) is 36.8 Å². The Morgan fingerprint density at radius 2 is 2.40 bits per heavy atom. The number of methoxy groups -OCH3 is 1. The van der Waals surface area contributed by atoms with Crippen LogP contribution in [-0.2, 0) is 6.54 Å². The maximum absolute atomic E-state index is 9.99. The highest BCUT2D eigenvalue weighted by Gasteiger charge is 2.32. The van der Waals surface area contributed by atoms with Gasteiger partial charge in [0.1, 0.15) is 5.75 Å². The predicted molar refractivity (Wildman–Crippen MR) is 75.4 cm³/mol. The molecule has 1 fully saturated rings. The van der Waals surface area contributed by atoms with Crippen molar-refractivity contribution in [2.45, 2.75) is 25.1 Å². The molecule has 2 heterocycles. The number of benzene rings is 1. The van der Waals surface area contributed by atoms with Crippen molar-refractivity contribution < 1.29 is 9.84 Å². The lowest BCUT2D eigenvalue weighted by molar-refractivity contribution is 0.172. The fraction of sp³-hybridized carbons (Fsp3) is 0.400. The van der Waals surface area contributed by atoms with E-state index in [0.29, 0.717) is 6.54 Å². The Morgan fingerprint density at radius 1 is 1.50 bits per heavy atom. The number of imidazole rings is 1. The normalized spacial score (nSPS) is 23.1. The molecule has 0 aliphatic carbocycles. The number of rotatable bonds is 4. The zero-order valence-corrected chi connectivity index (χ0v) is 11.5. The van der Waals surface area contributed by atoms with Gasteiger partial charge in [-0.1, -0.05) is 12.1 Å². The quantitative estimate of drug-likeness (QED) is 0.890. The Balaban J connectivity index is 1.81. The summed E-state index contributed by atoms with van der Waals surface area (Å²) in [4.78, 5) is 9.43. The van der Waals surface area contributed by atoms with Gasteiger partial charge in [0, 0.05) is 31.0 Å². The van der Waals surface area contributed by atoms with Gasteiger partial charge in [0.25, 0.3) is 0 Å². The van der Waals surface area contributed by atoms with Gasteiger partial charge in [-0.15, -0.1) is 0 Å². The van der Waals surface area contributed by atoms with Gasteiger partial charge in [0.2, 0.25) is 0 Å².